The van der Waals surface area contributed by atoms with Crippen molar-refractivity contribution in [2.75, 3.05) is 36.9 Å². The topological polar surface area (TPSA) is 143 Å². The number of rotatable bonds is 13. The molecule has 2 heterocycles. The highest BCUT2D eigenvalue weighted by Gasteiger charge is 2.40. The van der Waals surface area contributed by atoms with Crippen LogP contribution in [0, 0.1) is 35.5 Å². The van der Waals surface area contributed by atoms with Crippen molar-refractivity contribution in [3.05, 3.63) is 10.7 Å². The fourth-order valence-corrected chi connectivity index (χ4v) is 5.42. The number of amides is 2. The second-order valence-electron chi connectivity index (χ2n) is 8.33. The van der Waals surface area contributed by atoms with Crippen molar-refractivity contribution in [1.29, 1.82) is 5.26 Å². The van der Waals surface area contributed by atoms with Crippen LogP contribution in [-0.2, 0) is 9.59 Å². The van der Waals surface area contributed by atoms with Crippen LogP contribution in [-0.4, -0.2) is 74.7 Å². The Bertz CT molecular complexity index is 965. The molecule has 3 unspecified atom stereocenters. The van der Waals surface area contributed by atoms with Crippen LogP contribution in [0.4, 0.5) is 11.8 Å². The number of anilines is 2. The lowest BCUT2D eigenvalue weighted by Gasteiger charge is -2.23. The molecule has 4 N–H and O–H groups in total. The number of carbonyl (C=O) groups excluding carboxylic acids is 2. The van der Waals surface area contributed by atoms with Crippen molar-refractivity contribution in [2.45, 2.75) is 50.3 Å². The fourth-order valence-electron chi connectivity index (χ4n) is 3.53. The summed E-state index contributed by atoms with van der Waals surface area (Å²) in [6.07, 6.45) is 7.58. The van der Waals surface area contributed by atoms with Crippen LogP contribution >= 0.6 is 27.7 Å². The van der Waals surface area contributed by atoms with Gasteiger partial charge in [0.1, 0.15) is 11.7 Å². The van der Waals surface area contributed by atoms with E-state index < -0.39 is 11.8 Å². The Morgan fingerprint density at radius 3 is 2.80 bits per heavy atom. The van der Waals surface area contributed by atoms with Crippen LogP contribution in [0.3, 0.4) is 0 Å². The van der Waals surface area contributed by atoms with E-state index >= 15 is 0 Å². The second-order valence-corrected chi connectivity index (χ2v) is 10.6. The molecule has 1 aliphatic rings. The zero-order valence-corrected chi connectivity index (χ0v) is 22.5. The number of hydrogen-bond acceptors (Lipinski definition) is 9. The van der Waals surface area contributed by atoms with Gasteiger partial charge in [-0.1, -0.05) is 19.8 Å². The number of nitriles is 1. The molecule has 2 rings (SSSR count). The van der Waals surface area contributed by atoms with Gasteiger partial charge in [0, 0.05) is 25.7 Å². The molecule has 0 aromatic carbocycles. The van der Waals surface area contributed by atoms with E-state index in [-0.39, 0.29) is 48.1 Å². The molecular formula is C23H32BrN7O3S. The number of nitrogens with one attached hydrogen (secondary N) is 3. The number of terminal acetylenes is 1. The van der Waals surface area contributed by atoms with Gasteiger partial charge in [-0.2, -0.15) is 10.2 Å². The van der Waals surface area contributed by atoms with Gasteiger partial charge >= 0.3 is 0 Å². The highest BCUT2D eigenvalue weighted by atomic mass is 79.9. The Labute approximate surface area is 219 Å². The normalized spacial score (nSPS) is 19.1. The summed E-state index contributed by atoms with van der Waals surface area (Å²) < 4.78 is 0.684. The van der Waals surface area contributed by atoms with E-state index in [9.17, 15) is 20.0 Å². The summed E-state index contributed by atoms with van der Waals surface area (Å²) in [5, 5.41) is 27.4. The zero-order chi connectivity index (χ0) is 26.0. The first kappa shape index (κ1) is 28.7. The summed E-state index contributed by atoms with van der Waals surface area (Å²) in [7, 11) is 0. The number of hydrogen-bond donors (Lipinski definition) is 4. The van der Waals surface area contributed by atoms with Crippen molar-refractivity contribution in [1.82, 2.24) is 20.2 Å². The van der Waals surface area contributed by atoms with E-state index in [2.05, 4.69) is 47.8 Å². The number of carbonyl (C=O) groups is 2. The lowest BCUT2D eigenvalue weighted by Crippen LogP contribution is -2.38. The number of aliphatic hydroxyl groups is 1. The molecule has 1 saturated heterocycles. The van der Waals surface area contributed by atoms with Crippen molar-refractivity contribution in [3.63, 3.8) is 0 Å². The van der Waals surface area contributed by atoms with Crippen LogP contribution in [0.2, 0.25) is 0 Å². The average Bonchev–Trinajstić information content (AvgIpc) is 3.14. The third-order valence-corrected chi connectivity index (χ3v) is 7.71. The molecule has 0 radical (unpaired) electrons. The predicted molar refractivity (Wildman–Crippen MR) is 140 cm³/mol. The van der Waals surface area contributed by atoms with E-state index in [0.717, 1.165) is 0 Å². The minimum Gasteiger partial charge on any atom is -0.394 e. The van der Waals surface area contributed by atoms with Crippen LogP contribution < -0.4 is 16.0 Å². The minimum absolute atomic E-state index is 0.00757. The molecule has 2 amide bonds. The van der Waals surface area contributed by atoms with Gasteiger partial charge in [-0.05, 0) is 35.2 Å². The quantitative estimate of drug-likeness (QED) is 0.264. The summed E-state index contributed by atoms with van der Waals surface area (Å²) >= 11 is 4.89. The molecule has 1 aliphatic heterocycles. The van der Waals surface area contributed by atoms with Crippen LogP contribution in [0.5, 0.6) is 0 Å². The predicted octanol–water partition coefficient (Wildman–Crippen LogP) is 2.04. The largest absolute Gasteiger partial charge is 0.394 e. The summed E-state index contributed by atoms with van der Waals surface area (Å²) in [5.41, 5.74) is 0. The molecule has 1 fully saturated rings. The van der Waals surface area contributed by atoms with Crippen LogP contribution in [0.25, 0.3) is 0 Å². The van der Waals surface area contributed by atoms with Gasteiger partial charge in [0.05, 0.1) is 40.4 Å². The molecule has 0 aliphatic carbocycles. The Kier molecular flexibility index (Phi) is 11.6. The van der Waals surface area contributed by atoms with E-state index in [1.807, 2.05) is 26.8 Å². The molecule has 1 aromatic heterocycles. The number of aromatic nitrogens is 2. The van der Waals surface area contributed by atoms with Crippen molar-refractivity contribution in [3.8, 4) is 18.4 Å². The first-order valence-corrected chi connectivity index (χ1v) is 13.2. The Morgan fingerprint density at radius 2 is 2.20 bits per heavy atom. The average molecular weight is 567 g/mol. The first-order chi connectivity index (χ1) is 16.7. The molecule has 1 aromatic rings. The van der Waals surface area contributed by atoms with Crippen molar-refractivity contribution in [2.24, 2.45) is 11.8 Å². The molecule has 0 spiro atoms. The van der Waals surface area contributed by atoms with Gasteiger partial charge in [0.15, 0.2) is 0 Å². The maximum atomic E-state index is 12.9. The van der Waals surface area contributed by atoms with Gasteiger partial charge in [0.25, 0.3) is 0 Å². The Hall–Kier alpha value is -2.54. The van der Waals surface area contributed by atoms with E-state index in [0.29, 0.717) is 35.7 Å². The summed E-state index contributed by atoms with van der Waals surface area (Å²) in [4.78, 5) is 35.6. The molecule has 35 heavy (non-hydrogen) atoms. The second kappa shape index (κ2) is 14.1. The summed E-state index contributed by atoms with van der Waals surface area (Å²) in [5.74, 6) is 2.20. The van der Waals surface area contributed by atoms with Gasteiger partial charge in [-0.3, -0.25) is 9.59 Å². The first-order valence-electron chi connectivity index (χ1n) is 11.5. The van der Waals surface area contributed by atoms with Crippen LogP contribution in [0.15, 0.2) is 10.7 Å². The van der Waals surface area contributed by atoms with Crippen molar-refractivity contribution >= 4 is 51.3 Å². The number of thioether (sulfide) groups is 1. The maximum absolute atomic E-state index is 12.9. The van der Waals surface area contributed by atoms with Crippen LogP contribution in [0.1, 0.15) is 33.6 Å². The Morgan fingerprint density at radius 1 is 1.46 bits per heavy atom. The maximum Gasteiger partial charge on any atom is 0.238 e. The zero-order valence-electron chi connectivity index (χ0n) is 20.1. The molecular weight excluding hydrogens is 534 g/mol. The van der Waals surface area contributed by atoms with Gasteiger partial charge < -0.3 is 26.0 Å². The fraction of sp³-hybridized carbons (Fsp3) is 0.609. The molecule has 4 atom stereocenters. The summed E-state index contributed by atoms with van der Waals surface area (Å²) in [6, 6.07) is 1.88. The lowest BCUT2D eigenvalue weighted by atomic mass is 10.1. The minimum atomic E-state index is -0.879. The van der Waals surface area contributed by atoms with Gasteiger partial charge in [-0.25, -0.2) is 4.98 Å². The van der Waals surface area contributed by atoms with Gasteiger partial charge in [-0.15, -0.1) is 18.2 Å². The molecule has 10 nitrogen and oxygen atoms in total. The summed E-state index contributed by atoms with van der Waals surface area (Å²) in [6.45, 7) is 6.90. The lowest BCUT2D eigenvalue weighted by molar-refractivity contribution is -0.131. The number of aliphatic hydroxyl groups excluding tert-OH is 1. The van der Waals surface area contributed by atoms with E-state index in [1.165, 1.54) is 11.8 Å². The van der Waals surface area contributed by atoms with E-state index in [4.69, 9.17) is 6.42 Å². The highest BCUT2D eigenvalue weighted by Crippen LogP contribution is 2.37. The van der Waals surface area contributed by atoms with Crippen molar-refractivity contribution < 1.29 is 14.7 Å². The standard InChI is InChI=1S/C23H32BrN7O3S/c1-5-8-26-21(33)15(11-25)10-19-31(6-2)22(34)18(35-19)7-9-27-23-28-12-16(24)20(30-23)29-17(13-32)14(3)4/h1,12,14-15,17-19,32H,6-10,13H2,2-4H3,(H,26,33)(H2,27,28,29,30)/t15?,17-,18?,19?/m0/s1. The third kappa shape index (κ3) is 7.99. The smallest absolute Gasteiger partial charge is 0.238 e. The number of halogens is 1. The third-order valence-electron chi connectivity index (χ3n) is 5.60. The Balaban J connectivity index is 1.96. The molecule has 0 bridgehead atoms. The monoisotopic (exact) mass is 565 g/mol. The highest BCUT2D eigenvalue weighted by molar-refractivity contribution is 9.10. The van der Waals surface area contributed by atoms with E-state index in [1.54, 1.807) is 11.1 Å². The number of nitrogens with zero attached hydrogens (tertiary/aromatic N) is 4. The molecule has 190 valence electrons. The molecule has 0 saturated carbocycles. The van der Waals surface area contributed by atoms with Gasteiger partial charge in [0.2, 0.25) is 17.8 Å². The SMILES string of the molecule is C#CCNC(=O)C(C#N)CC1SC(CCNc2ncc(Br)c(N[C@@H](CO)C(C)C)n2)C(=O)N1CC. The molecule has 12 heteroatoms.